The molecule has 3 atom stereocenters. The number of imidazole rings is 1. The van der Waals surface area contributed by atoms with Gasteiger partial charge in [-0.05, 0) is 42.7 Å². The standard InChI is InChI=1S/C23H24N2O3/c1-16(27)19-8-10-21(11-9-19)20-6-3-18(4-7-20)5-12-22(15-26)25-14-13-24-23(25)17(2)28/h3-4,6-11,13-14,16-17,22,26-28H,15H2,1-2H3/t16-,17+,22+/m1/s1. The van der Waals surface area contributed by atoms with Crippen LogP contribution >= 0.6 is 0 Å². The molecule has 3 aromatic rings. The number of aliphatic hydroxyl groups excluding tert-OH is 3. The highest BCUT2D eigenvalue weighted by Crippen LogP contribution is 2.22. The Morgan fingerprint density at radius 3 is 2.07 bits per heavy atom. The number of hydrogen-bond donors (Lipinski definition) is 3. The summed E-state index contributed by atoms with van der Waals surface area (Å²) < 4.78 is 1.69. The molecule has 3 N–H and O–H groups in total. The maximum Gasteiger partial charge on any atom is 0.138 e. The molecule has 0 spiro atoms. The summed E-state index contributed by atoms with van der Waals surface area (Å²) in [6.45, 7) is 3.21. The summed E-state index contributed by atoms with van der Waals surface area (Å²) in [6.07, 6.45) is 2.09. The van der Waals surface area contributed by atoms with Crippen LogP contribution in [0.4, 0.5) is 0 Å². The van der Waals surface area contributed by atoms with Crippen LogP contribution in [0.15, 0.2) is 60.9 Å². The third-order valence-corrected chi connectivity index (χ3v) is 4.58. The van der Waals surface area contributed by atoms with Gasteiger partial charge in [0, 0.05) is 18.0 Å². The summed E-state index contributed by atoms with van der Waals surface area (Å²) in [4.78, 5) is 4.12. The smallest absolute Gasteiger partial charge is 0.138 e. The number of rotatable bonds is 5. The van der Waals surface area contributed by atoms with Crippen molar-refractivity contribution in [2.24, 2.45) is 0 Å². The van der Waals surface area contributed by atoms with E-state index in [4.69, 9.17) is 0 Å². The molecule has 0 saturated carbocycles. The first-order valence-corrected chi connectivity index (χ1v) is 9.21. The second kappa shape index (κ2) is 8.85. The minimum atomic E-state index is -0.731. The van der Waals surface area contributed by atoms with E-state index in [1.807, 2.05) is 48.5 Å². The molecule has 0 unspecified atom stereocenters. The summed E-state index contributed by atoms with van der Waals surface area (Å²) in [6, 6.07) is 15.2. The van der Waals surface area contributed by atoms with Crippen molar-refractivity contribution in [3.8, 4) is 23.0 Å². The second-order valence-electron chi connectivity index (χ2n) is 6.71. The van der Waals surface area contributed by atoms with Gasteiger partial charge in [0.25, 0.3) is 0 Å². The molecule has 144 valence electrons. The van der Waals surface area contributed by atoms with Crippen LogP contribution in [-0.2, 0) is 0 Å². The molecule has 0 bridgehead atoms. The highest BCUT2D eigenvalue weighted by Gasteiger charge is 2.14. The quantitative estimate of drug-likeness (QED) is 0.598. The summed E-state index contributed by atoms with van der Waals surface area (Å²) in [5, 5.41) is 29.1. The molecule has 1 heterocycles. The van der Waals surface area contributed by atoms with Crippen LogP contribution in [0.1, 0.15) is 49.0 Å². The van der Waals surface area contributed by atoms with Crippen molar-refractivity contribution in [3.63, 3.8) is 0 Å². The molecule has 0 aliphatic heterocycles. The third kappa shape index (κ3) is 4.49. The lowest BCUT2D eigenvalue weighted by molar-refractivity contribution is 0.176. The van der Waals surface area contributed by atoms with Crippen LogP contribution in [-0.4, -0.2) is 31.5 Å². The number of nitrogens with zero attached hydrogens (tertiary/aromatic N) is 2. The Kier molecular flexibility index (Phi) is 6.27. The molecule has 0 fully saturated rings. The number of hydrogen-bond acceptors (Lipinski definition) is 4. The van der Waals surface area contributed by atoms with E-state index in [2.05, 4.69) is 16.8 Å². The maximum atomic E-state index is 9.78. The van der Waals surface area contributed by atoms with Crippen molar-refractivity contribution >= 4 is 0 Å². The Balaban J connectivity index is 1.78. The van der Waals surface area contributed by atoms with Crippen molar-refractivity contribution in [2.45, 2.75) is 32.1 Å². The molecule has 0 aliphatic rings. The SMILES string of the molecule is C[C@H](O)c1nccn1[C@@H](C#Cc1ccc(-c2ccc([C@@H](C)O)cc2)cc1)CO. The first kappa shape index (κ1) is 19.8. The normalized spacial score (nSPS) is 14.0. The van der Waals surface area contributed by atoms with Crippen LogP contribution in [0, 0.1) is 11.8 Å². The molecule has 0 saturated heterocycles. The van der Waals surface area contributed by atoms with E-state index in [0.29, 0.717) is 5.82 Å². The average Bonchev–Trinajstić information content (AvgIpc) is 3.19. The zero-order valence-electron chi connectivity index (χ0n) is 15.9. The monoisotopic (exact) mass is 376 g/mol. The molecule has 28 heavy (non-hydrogen) atoms. The number of benzene rings is 2. The Morgan fingerprint density at radius 1 is 0.929 bits per heavy atom. The van der Waals surface area contributed by atoms with Crippen molar-refractivity contribution < 1.29 is 15.3 Å². The highest BCUT2D eigenvalue weighted by atomic mass is 16.3. The predicted octanol–water partition coefficient (Wildman–Crippen LogP) is 3.24. The Morgan fingerprint density at radius 2 is 1.54 bits per heavy atom. The van der Waals surface area contributed by atoms with Gasteiger partial charge in [-0.15, -0.1) is 0 Å². The fraction of sp³-hybridized carbons (Fsp3) is 0.261. The van der Waals surface area contributed by atoms with E-state index in [1.54, 1.807) is 30.8 Å². The molecule has 0 aliphatic carbocycles. The number of aliphatic hydroxyl groups is 3. The van der Waals surface area contributed by atoms with Gasteiger partial charge in [-0.3, -0.25) is 0 Å². The Labute approximate surface area is 164 Å². The molecule has 0 amide bonds. The van der Waals surface area contributed by atoms with Gasteiger partial charge in [0.1, 0.15) is 18.0 Å². The van der Waals surface area contributed by atoms with Gasteiger partial charge in [0.15, 0.2) is 0 Å². The van der Waals surface area contributed by atoms with E-state index in [9.17, 15) is 15.3 Å². The van der Waals surface area contributed by atoms with Crippen LogP contribution in [0.5, 0.6) is 0 Å². The fourth-order valence-corrected chi connectivity index (χ4v) is 2.98. The maximum absolute atomic E-state index is 9.78. The largest absolute Gasteiger partial charge is 0.393 e. The van der Waals surface area contributed by atoms with Crippen LogP contribution in [0.25, 0.3) is 11.1 Å². The molecular weight excluding hydrogens is 352 g/mol. The number of aromatic nitrogens is 2. The lowest BCUT2D eigenvalue weighted by atomic mass is 10.0. The molecular formula is C23H24N2O3. The zero-order chi connectivity index (χ0) is 20.1. The van der Waals surface area contributed by atoms with Crippen molar-refractivity contribution in [3.05, 3.63) is 77.9 Å². The van der Waals surface area contributed by atoms with Gasteiger partial charge in [-0.2, -0.15) is 0 Å². The van der Waals surface area contributed by atoms with Crippen molar-refractivity contribution in [1.82, 2.24) is 9.55 Å². The van der Waals surface area contributed by atoms with Gasteiger partial charge in [0.05, 0.1) is 12.7 Å². The lowest BCUT2D eigenvalue weighted by Gasteiger charge is -2.14. The van der Waals surface area contributed by atoms with E-state index in [0.717, 1.165) is 22.3 Å². The Hall–Kier alpha value is -2.91. The molecule has 1 aromatic heterocycles. The summed E-state index contributed by atoms with van der Waals surface area (Å²) in [5.74, 6) is 6.60. The summed E-state index contributed by atoms with van der Waals surface area (Å²) in [7, 11) is 0. The van der Waals surface area contributed by atoms with Gasteiger partial charge < -0.3 is 19.9 Å². The summed E-state index contributed by atoms with van der Waals surface area (Å²) in [5.41, 5.74) is 3.85. The van der Waals surface area contributed by atoms with E-state index in [-0.39, 0.29) is 6.61 Å². The molecule has 5 nitrogen and oxygen atoms in total. The van der Waals surface area contributed by atoms with Crippen molar-refractivity contribution in [2.75, 3.05) is 6.61 Å². The molecule has 2 aromatic carbocycles. The highest BCUT2D eigenvalue weighted by molar-refractivity contribution is 5.64. The van der Waals surface area contributed by atoms with Crippen molar-refractivity contribution in [1.29, 1.82) is 0 Å². The first-order valence-electron chi connectivity index (χ1n) is 9.21. The van der Waals surface area contributed by atoms with E-state index in [1.165, 1.54) is 0 Å². The minimum absolute atomic E-state index is 0.170. The topological polar surface area (TPSA) is 78.5 Å². The predicted molar refractivity (Wildman–Crippen MR) is 108 cm³/mol. The Bertz CT molecular complexity index is 962. The van der Waals surface area contributed by atoms with E-state index >= 15 is 0 Å². The first-order chi connectivity index (χ1) is 13.5. The molecule has 3 rings (SSSR count). The van der Waals surface area contributed by atoms with Gasteiger partial charge in [-0.1, -0.05) is 48.2 Å². The van der Waals surface area contributed by atoms with Gasteiger partial charge in [-0.25, -0.2) is 4.98 Å². The minimum Gasteiger partial charge on any atom is -0.393 e. The zero-order valence-corrected chi connectivity index (χ0v) is 15.9. The summed E-state index contributed by atoms with van der Waals surface area (Å²) >= 11 is 0. The van der Waals surface area contributed by atoms with Crippen LogP contribution < -0.4 is 0 Å². The second-order valence-corrected chi connectivity index (χ2v) is 6.71. The lowest BCUT2D eigenvalue weighted by Crippen LogP contribution is -2.15. The average molecular weight is 376 g/mol. The van der Waals surface area contributed by atoms with Gasteiger partial charge in [0.2, 0.25) is 0 Å². The fourth-order valence-electron chi connectivity index (χ4n) is 2.98. The van der Waals surface area contributed by atoms with E-state index < -0.39 is 18.2 Å². The van der Waals surface area contributed by atoms with Crippen LogP contribution in [0.2, 0.25) is 0 Å². The molecule has 5 heteroatoms. The molecule has 0 radical (unpaired) electrons. The van der Waals surface area contributed by atoms with Crippen LogP contribution in [0.3, 0.4) is 0 Å². The third-order valence-electron chi connectivity index (χ3n) is 4.58. The van der Waals surface area contributed by atoms with Gasteiger partial charge >= 0.3 is 0 Å².